The van der Waals surface area contributed by atoms with Gasteiger partial charge in [-0.05, 0) is 71.0 Å². The van der Waals surface area contributed by atoms with Gasteiger partial charge in [0.05, 0.1) is 0 Å². The Balaban J connectivity index is 1.58. The third-order valence-corrected chi connectivity index (χ3v) is 6.39. The van der Waals surface area contributed by atoms with Crippen LogP contribution in [0, 0.1) is 0 Å². The fourth-order valence-electron chi connectivity index (χ4n) is 4.83. The van der Waals surface area contributed by atoms with E-state index in [4.69, 9.17) is 0 Å². The standard InChI is InChI=1S/C29H27NO2/c31-25-15-11-22(12-16-25)29(23-13-17-26(32)18-14-23)27-9-3-1-7-24(27)20-30-19-5-8-21-6-2-4-10-28(21)30/h1-4,6-7,9-18,29,31-32H,5,8,19-20H2. The molecule has 4 aromatic carbocycles. The van der Waals surface area contributed by atoms with Crippen LogP contribution < -0.4 is 4.90 Å². The van der Waals surface area contributed by atoms with Crippen molar-refractivity contribution in [3.8, 4) is 11.5 Å². The van der Waals surface area contributed by atoms with Crippen molar-refractivity contribution in [3.63, 3.8) is 0 Å². The number of fused-ring (bicyclic) bond motifs is 1. The second-order valence-corrected chi connectivity index (χ2v) is 8.47. The van der Waals surface area contributed by atoms with Gasteiger partial charge in [0.1, 0.15) is 11.5 Å². The van der Waals surface area contributed by atoms with Crippen molar-refractivity contribution >= 4 is 5.69 Å². The lowest BCUT2D eigenvalue weighted by Gasteiger charge is -2.33. The third-order valence-electron chi connectivity index (χ3n) is 6.39. The minimum absolute atomic E-state index is 0.00688. The zero-order valence-electron chi connectivity index (χ0n) is 18.0. The Kier molecular flexibility index (Phi) is 5.55. The van der Waals surface area contributed by atoms with Gasteiger partial charge >= 0.3 is 0 Å². The maximum atomic E-state index is 9.84. The molecule has 0 aliphatic carbocycles. The Morgan fingerprint density at radius 3 is 1.97 bits per heavy atom. The smallest absolute Gasteiger partial charge is 0.115 e. The first-order chi connectivity index (χ1) is 15.7. The van der Waals surface area contributed by atoms with Gasteiger partial charge in [-0.25, -0.2) is 0 Å². The molecule has 1 heterocycles. The largest absolute Gasteiger partial charge is 0.508 e. The molecule has 5 rings (SSSR count). The Hall–Kier alpha value is -3.72. The van der Waals surface area contributed by atoms with Gasteiger partial charge in [-0.1, -0.05) is 66.7 Å². The lowest BCUT2D eigenvalue weighted by molar-refractivity contribution is 0.475. The molecular formula is C29H27NO2. The van der Waals surface area contributed by atoms with Crippen LogP contribution in [0.15, 0.2) is 97.1 Å². The summed E-state index contributed by atoms with van der Waals surface area (Å²) in [6.45, 7) is 1.90. The lowest BCUT2D eigenvalue weighted by atomic mass is 9.82. The van der Waals surface area contributed by atoms with E-state index in [1.165, 1.54) is 28.8 Å². The molecule has 0 aromatic heterocycles. The summed E-state index contributed by atoms with van der Waals surface area (Å²) in [5.41, 5.74) is 7.51. The lowest BCUT2D eigenvalue weighted by Crippen LogP contribution is -2.29. The number of benzene rings is 4. The van der Waals surface area contributed by atoms with Crippen LogP contribution in [0.1, 0.15) is 40.2 Å². The van der Waals surface area contributed by atoms with Crippen LogP contribution in [0.4, 0.5) is 5.69 Å². The quantitative estimate of drug-likeness (QED) is 0.375. The first kappa shape index (κ1) is 20.2. The number of hydrogen-bond donors (Lipinski definition) is 2. The van der Waals surface area contributed by atoms with E-state index >= 15 is 0 Å². The number of hydrogen-bond acceptors (Lipinski definition) is 3. The summed E-state index contributed by atoms with van der Waals surface area (Å²) in [6.07, 6.45) is 2.30. The van der Waals surface area contributed by atoms with Gasteiger partial charge in [0.25, 0.3) is 0 Å². The van der Waals surface area contributed by atoms with Crippen LogP contribution in [0.5, 0.6) is 11.5 Å². The number of phenols is 2. The molecule has 0 fully saturated rings. The summed E-state index contributed by atoms with van der Waals surface area (Å²) in [6, 6.07) is 32.3. The van der Waals surface area contributed by atoms with Crippen LogP contribution in [-0.2, 0) is 13.0 Å². The van der Waals surface area contributed by atoms with Crippen LogP contribution >= 0.6 is 0 Å². The third kappa shape index (κ3) is 4.06. The minimum atomic E-state index is 0.00688. The Labute approximate surface area is 189 Å². The van der Waals surface area contributed by atoms with Crippen molar-refractivity contribution in [2.45, 2.75) is 25.3 Å². The molecule has 1 aliphatic heterocycles. The van der Waals surface area contributed by atoms with E-state index in [9.17, 15) is 10.2 Å². The molecule has 3 heteroatoms. The van der Waals surface area contributed by atoms with Crippen molar-refractivity contribution in [3.05, 3.63) is 125 Å². The number of rotatable bonds is 5. The number of aromatic hydroxyl groups is 2. The molecule has 0 atom stereocenters. The highest BCUT2D eigenvalue weighted by molar-refractivity contribution is 5.57. The summed E-state index contributed by atoms with van der Waals surface area (Å²) in [4.78, 5) is 2.49. The van der Waals surface area contributed by atoms with Gasteiger partial charge in [0.15, 0.2) is 0 Å². The van der Waals surface area contributed by atoms with E-state index in [-0.39, 0.29) is 17.4 Å². The molecule has 0 bridgehead atoms. The number of anilines is 1. The fourth-order valence-corrected chi connectivity index (χ4v) is 4.83. The number of para-hydroxylation sites is 1. The molecule has 0 amide bonds. The molecular weight excluding hydrogens is 394 g/mol. The first-order valence-corrected chi connectivity index (χ1v) is 11.2. The monoisotopic (exact) mass is 421 g/mol. The molecule has 32 heavy (non-hydrogen) atoms. The molecule has 0 saturated carbocycles. The Morgan fingerprint density at radius 2 is 1.28 bits per heavy atom. The molecule has 0 radical (unpaired) electrons. The highest BCUT2D eigenvalue weighted by Crippen LogP contribution is 2.37. The zero-order valence-corrected chi connectivity index (χ0v) is 18.0. The van der Waals surface area contributed by atoms with Crippen LogP contribution in [0.2, 0.25) is 0 Å². The second-order valence-electron chi connectivity index (χ2n) is 8.47. The summed E-state index contributed by atoms with van der Waals surface area (Å²) < 4.78 is 0. The molecule has 160 valence electrons. The normalized spacial score (nSPS) is 13.2. The molecule has 4 aromatic rings. The maximum Gasteiger partial charge on any atom is 0.115 e. The van der Waals surface area contributed by atoms with Gasteiger partial charge in [-0.3, -0.25) is 0 Å². The molecule has 3 nitrogen and oxygen atoms in total. The highest BCUT2D eigenvalue weighted by Gasteiger charge is 2.22. The molecule has 0 unspecified atom stereocenters. The SMILES string of the molecule is Oc1ccc(C(c2ccc(O)cc2)c2ccccc2CN2CCCc3ccccc32)cc1. The zero-order chi connectivity index (χ0) is 21.9. The van der Waals surface area contributed by atoms with Gasteiger partial charge in [-0.15, -0.1) is 0 Å². The van der Waals surface area contributed by atoms with Gasteiger partial charge < -0.3 is 15.1 Å². The minimum Gasteiger partial charge on any atom is -0.508 e. The summed E-state index contributed by atoms with van der Waals surface area (Å²) >= 11 is 0. The topological polar surface area (TPSA) is 43.7 Å². The van der Waals surface area contributed by atoms with E-state index in [2.05, 4.69) is 53.4 Å². The first-order valence-electron chi connectivity index (χ1n) is 11.2. The number of nitrogens with zero attached hydrogens (tertiary/aromatic N) is 1. The fraction of sp³-hybridized carbons (Fsp3) is 0.172. The van der Waals surface area contributed by atoms with E-state index in [0.717, 1.165) is 30.6 Å². The summed E-state index contributed by atoms with van der Waals surface area (Å²) in [5, 5.41) is 19.7. The van der Waals surface area contributed by atoms with E-state index < -0.39 is 0 Å². The van der Waals surface area contributed by atoms with Crippen molar-refractivity contribution < 1.29 is 10.2 Å². The van der Waals surface area contributed by atoms with Gasteiger partial charge in [0, 0.05) is 24.7 Å². The molecule has 0 saturated heterocycles. The van der Waals surface area contributed by atoms with E-state index in [1.807, 2.05) is 24.3 Å². The molecule has 0 spiro atoms. The summed E-state index contributed by atoms with van der Waals surface area (Å²) in [7, 11) is 0. The van der Waals surface area contributed by atoms with Gasteiger partial charge in [0.2, 0.25) is 0 Å². The highest BCUT2D eigenvalue weighted by atomic mass is 16.3. The van der Waals surface area contributed by atoms with Crippen LogP contribution in [0.25, 0.3) is 0 Å². The molecule has 2 N–H and O–H groups in total. The molecule has 1 aliphatic rings. The van der Waals surface area contributed by atoms with Crippen LogP contribution in [0.3, 0.4) is 0 Å². The van der Waals surface area contributed by atoms with Gasteiger partial charge in [-0.2, -0.15) is 0 Å². The average molecular weight is 422 g/mol. The van der Waals surface area contributed by atoms with Crippen molar-refractivity contribution in [2.24, 2.45) is 0 Å². The Morgan fingerprint density at radius 1 is 0.688 bits per heavy atom. The van der Waals surface area contributed by atoms with E-state index in [1.54, 1.807) is 24.3 Å². The van der Waals surface area contributed by atoms with Crippen molar-refractivity contribution in [1.82, 2.24) is 0 Å². The number of aryl methyl sites for hydroxylation is 1. The predicted molar refractivity (Wildman–Crippen MR) is 129 cm³/mol. The predicted octanol–water partition coefficient (Wildman–Crippen LogP) is 6.23. The summed E-state index contributed by atoms with van der Waals surface area (Å²) in [5.74, 6) is 0.528. The average Bonchev–Trinajstić information content (AvgIpc) is 2.83. The van der Waals surface area contributed by atoms with Crippen molar-refractivity contribution in [1.29, 1.82) is 0 Å². The maximum absolute atomic E-state index is 9.84. The number of phenolic OH excluding ortho intramolecular Hbond substituents is 2. The van der Waals surface area contributed by atoms with Crippen LogP contribution in [-0.4, -0.2) is 16.8 Å². The van der Waals surface area contributed by atoms with Crippen molar-refractivity contribution in [2.75, 3.05) is 11.4 Å². The second kappa shape index (κ2) is 8.80. The van der Waals surface area contributed by atoms with E-state index in [0.29, 0.717) is 0 Å². The Bertz CT molecular complexity index is 1150.